The van der Waals surface area contributed by atoms with Crippen molar-refractivity contribution in [3.8, 4) is 0 Å². The van der Waals surface area contributed by atoms with Gasteiger partial charge < -0.3 is 0 Å². The lowest BCUT2D eigenvalue weighted by molar-refractivity contribution is 0.669. The van der Waals surface area contributed by atoms with Gasteiger partial charge in [0.15, 0.2) is 0 Å². The molecule has 0 radical (unpaired) electrons. The first-order valence-corrected chi connectivity index (χ1v) is 10.0. The van der Waals surface area contributed by atoms with Gasteiger partial charge in [-0.15, -0.1) is 0 Å². The van der Waals surface area contributed by atoms with Crippen LogP contribution in [0.1, 0.15) is 32.6 Å². The summed E-state index contributed by atoms with van der Waals surface area (Å²) >= 11 is 0. The molecule has 0 aromatic carbocycles. The molecule has 13 heavy (non-hydrogen) atoms. The molecule has 1 unspecified atom stereocenters. The topological polar surface area (TPSA) is 0 Å². The van der Waals surface area contributed by atoms with E-state index in [-0.39, 0.29) is 0 Å². The zero-order valence-corrected chi connectivity index (χ0v) is 12.0. The maximum Gasteiger partial charge on any atom is 0.0123 e. The van der Waals surface area contributed by atoms with Gasteiger partial charge in [0, 0.05) is 11.0 Å². The van der Waals surface area contributed by atoms with Crippen LogP contribution in [0.2, 0.25) is 0 Å². The maximum absolute atomic E-state index is 2.33. The number of unbranched alkanes of at least 4 members (excludes halogenated alkanes) is 2. The molecule has 1 atom stereocenters. The van der Waals surface area contributed by atoms with E-state index < -0.39 is 0 Å². The van der Waals surface area contributed by atoms with Crippen LogP contribution >= 0.6 is 43.2 Å². The van der Waals surface area contributed by atoms with Gasteiger partial charge in [0.2, 0.25) is 0 Å². The third kappa shape index (κ3) is 11.3. The third-order valence-electron chi connectivity index (χ3n) is 1.72. The summed E-state index contributed by atoms with van der Waals surface area (Å²) in [5, 5.41) is 0.836. The van der Waals surface area contributed by atoms with Crippen molar-refractivity contribution in [1.29, 1.82) is 0 Å². The lowest BCUT2D eigenvalue weighted by Crippen LogP contribution is -1.93. The Labute approximate surface area is 99.0 Å². The van der Waals surface area contributed by atoms with Crippen LogP contribution in [0.4, 0.5) is 0 Å². The quantitative estimate of drug-likeness (QED) is 0.422. The lowest BCUT2D eigenvalue weighted by atomic mass is 10.2. The van der Waals surface area contributed by atoms with Crippen molar-refractivity contribution < 1.29 is 0 Å². The molecule has 0 nitrogen and oxygen atoms in total. The Kier molecular flexibility index (Phi) is 12.7. The summed E-state index contributed by atoms with van der Waals surface area (Å²) in [6, 6.07) is 0. The fourth-order valence-electron chi connectivity index (χ4n) is 1.07. The van der Waals surface area contributed by atoms with Gasteiger partial charge in [-0.1, -0.05) is 62.9 Å². The first-order chi connectivity index (χ1) is 6.31. The lowest BCUT2D eigenvalue weighted by Gasteiger charge is -2.07. The van der Waals surface area contributed by atoms with Gasteiger partial charge in [-0.05, 0) is 25.4 Å². The highest BCUT2D eigenvalue weighted by molar-refractivity contribution is 8.76. The smallest absolute Gasteiger partial charge is 0.0123 e. The minimum Gasteiger partial charge on any atom is -0.0976 e. The van der Waals surface area contributed by atoms with E-state index in [1.165, 1.54) is 31.4 Å². The van der Waals surface area contributed by atoms with Crippen LogP contribution in [-0.2, 0) is 0 Å². The summed E-state index contributed by atoms with van der Waals surface area (Å²) in [4.78, 5) is 0. The first-order valence-electron chi connectivity index (χ1n) is 4.66. The van der Waals surface area contributed by atoms with Crippen LogP contribution in [0.25, 0.3) is 0 Å². The zero-order chi connectivity index (χ0) is 9.94. The molecule has 0 heterocycles. The van der Waals surface area contributed by atoms with Crippen molar-refractivity contribution in [2.24, 2.45) is 0 Å². The molecule has 0 spiro atoms. The van der Waals surface area contributed by atoms with Crippen molar-refractivity contribution >= 4 is 43.2 Å². The number of hydrogen-bond acceptors (Lipinski definition) is 4. The Morgan fingerprint density at radius 3 is 2.38 bits per heavy atom. The Balaban J connectivity index is 2.97. The van der Waals surface area contributed by atoms with E-state index in [1.54, 1.807) is 0 Å². The summed E-state index contributed by atoms with van der Waals surface area (Å²) in [5.41, 5.74) is 0. The number of hydrogen-bond donors (Lipinski definition) is 0. The van der Waals surface area contributed by atoms with E-state index in [0.29, 0.717) is 0 Å². The highest BCUT2D eigenvalue weighted by Gasteiger charge is 2.00. The standard InChI is InChI=1S/C9H20S4/c1-9(13-11-3)7-5-4-6-8-12-10-2/h9H,4-8H2,1-3H3. The fourth-order valence-corrected chi connectivity index (χ4v) is 4.27. The van der Waals surface area contributed by atoms with Crippen LogP contribution < -0.4 is 0 Å². The normalized spacial score (nSPS) is 13.2. The minimum atomic E-state index is 0.836. The van der Waals surface area contributed by atoms with E-state index in [1.807, 2.05) is 43.2 Å². The van der Waals surface area contributed by atoms with Crippen molar-refractivity contribution in [3.63, 3.8) is 0 Å². The molecular weight excluding hydrogens is 236 g/mol. The average molecular weight is 257 g/mol. The molecule has 0 fully saturated rings. The first kappa shape index (κ1) is 14.4. The Morgan fingerprint density at radius 1 is 1.00 bits per heavy atom. The van der Waals surface area contributed by atoms with Gasteiger partial charge in [0.25, 0.3) is 0 Å². The Bertz CT molecular complexity index is 97.6. The summed E-state index contributed by atoms with van der Waals surface area (Å²) in [5.74, 6) is 1.32. The van der Waals surface area contributed by atoms with Crippen LogP contribution in [0.5, 0.6) is 0 Å². The largest absolute Gasteiger partial charge is 0.0976 e. The molecule has 0 rings (SSSR count). The predicted molar refractivity (Wildman–Crippen MR) is 75.0 cm³/mol. The molecule has 0 aliphatic heterocycles. The fraction of sp³-hybridized carbons (Fsp3) is 1.00. The highest BCUT2D eigenvalue weighted by Crippen LogP contribution is 2.27. The van der Waals surface area contributed by atoms with Crippen LogP contribution in [0.15, 0.2) is 0 Å². The van der Waals surface area contributed by atoms with E-state index >= 15 is 0 Å². The van der Waals surface area contributed by atoms with Crippen molar-refractivity contribution in [2.75, 3.05) is 18.3 Å². The molecule has 80 valence electrons. The molecule has 0 bridgehead atoms. The van der Waals surface area contributed by atoms with E-state index in [0.717, 1.165) is 5.25 Å². The van der Waals surface area contributed by atoms with Crippen molar-refractivity contribution in [2.45, 2.75) is 37.9 Å². The van der Waals surface area contributed by atoms with E-state index in [2.05, 4.69) is 19.4 Å². The molecule has 0 saturated heterocycles. The molecule has 0 amide bonds. The van der Waals surface area contributed by atoms with Crippen LogP contribution in [0.3, 0.4) is 0 Å². The van der Waals surface area contributed by atoms with Crippen molar-refractivity contribution in [3.05, 3.63) is 0 Å². The van der Waals surface area contributed by atoms with Gasteiger partial charge in [0.05, 0.1) is 0 Å². The van der Waals surface area contributed by atoms with Crippen LogP contribution in [-0.4, -0.2) is 23.5 Å². The van der Waals surface area contributed by atoms with Gasteiger partial charge >= 0.3 is 0 Å². The molecule has 0 saturated carbocycles. The van der Waals surface area contributed by atoms with Gasteiger partial charge in [-0.3, -0.25) is 0 Å². The van der Waals surface area contributed by atoms with E-state index in [4.69, 9.17) is 0 Å². The maximum atomic E-state index is 2.33. The van der Waals surface area contributed by atoms with Gasteiger partial charge in [-0.2, -0.15) is 0 Å². The second-order valence-electron chi connectivity index (χ2n) is 2.91. The van der Waals surface area contributed by atoms with Gasteiger partial charge in [-0.25, -0.2) is 0 Å². The molecular formula is C9H20S4. The Hall–Kier alpha value is 1.40. The molecule has 4 heteroatoms. The average Bonchev–Trinajstić information content (AvgIpc) is 2.11. The molecule has 0 aromatic heterocycles. The number of rotatable bonds is 9. The third-order valence-corrected chi connectivity index (χ3v) is 5.93. The van der Waals surface area contributed by atoms with E-state index in [9.17, 15) is 0 Å². The van der Waals surface area contributed by atoms with Crippen molar-refractivity contribution in [1.82, 2.24) is 0 Å². The summed E-state index contributed by atoms with van der Waals surface area (Å²) in [7, 11) is 7.77. The second kappa shape index (κ2) is 11.5. The van der Waals surface area contributed by atoms with Gasteiger partial charge in [0.1, 0.15) is 0 Å². The summed E-state index contributed by atoms with van der Waals surface area (Å²) in [6.45, 7) is 2.33. The second-order valence-corrected chi connectivity index (χ2v) is 8.50. The zero-order valence-electron chi connectivity index (χ0n) is 8.75. The molecule has 0 aliphatic carbocycles. The Morgan fingerprint density at radius 2 is 1.77 bits per heavy atom. The molecule has 0 N–H and O–H groups in total. The molecule has 0 aromatic rings. The summed E-state index contributed by atoms with van der Waals surface area (Å²) in [6.07, 6.45) is 9.91. The van der Waals surface area contributed by atoms with Crippen LogP contribution in [0, 0.1) is 0 Å². The summed E-state index contributed by atoms with van der Waals surface area (Å²) < 4.78 is 0. The molecule has 0 aliphatic rings. The monoisotopic (exact) mass is 256 g/mol. The SMILES string of the molecule is CSSCCCCCC(C)SSC. The highest BCUT2D eigenvalue weighted by atomic mass is 33.1. The predicted octanol–water partition coefficient (Wildman–Crippen LogP) is 4.96. The minimum absolute atomic E-state index is 0.836.